The molecule has 0 aromatic heterocycles. The molecule has 2 unspecified atom stereocenters. The molecule has 5 heteroatoms. The number of imide groups is 1. The third-order valence-electron chi connectivity index (χ3n) is 3.23. The first-order valence-corrected chi connectivity index (χ1v) is 5.23. The van der Waals surface area contributed by atoms with Gasteiger partial charge in [0.2, 0.25) is 5.91 Å². The van der Waals surface area contributed by atoms with Gasteiger partial charge >= 0.3 is 6.03 Å². The normalized spacial score (nSPS) is 36.9. The zero-order chi connectivity index (χ0) is 11.1. The molecule has 0 bridgehead atoms. The summed E-state index contributed by atoms with van der Waals surface area (Å²) in [5, 5.41) is 2.37. The highest BCUT2D eigenvalue weighted by Crippen LogP contribution is 2.28. The minimum Gasteiger partial charge on any atom is -0.379 e. The van der Waals surface area contributed by atoms with Gasteiger partial charge in [-0.05, 0) is 13.3 Å². The zero-order valence-corrected chi connectivity index (χ0v) is 9.08. The molecule has 2 aliphatic heterocycles. The third-order valence-corrected chi connectivity index (χ3v) is 3.23. The van der Waals surface area contributed by atoms with Gasteiger partial charge in [-0.25, -0.2) is 4.79 Å². The van der Waals surface area contributed by atoms with Gasteiger partial charge in [-0.15, -0.1) is 0 Å². The summed E-state index contributed by atoms with van der Waals surface area (Å²) in [5.74, 6) is -0.320. The Hall–Kier alpha value is -1.10. The molecule has 2 fully saturated rings. The van der Waals surface area contributed by atoms with Crippen LogP contribution in [0.15, 0.2) is 0 Å². The molecule has 0 aliphatic carbocycles. The Bertz CT molecular complexity index is 297. The van der Waals surface area contributed by atoms with Crippen LogP contribution in [0.25, 0.3) is 0 Å². The van der Waals surface area contributed by atoms with Gasteiger partial charge in [-0.2, -0.15) is 0 Å². The highest BCUT2D eigenvalue weighted by atomic mass is 16.5. The second-order valence-electron chi connectivity index (χ2n) is 4.61. The minimum atomic E-state index is -0.286. The topological polar surface area (TPSA) is 58.6 Å². The Morgan fingerprint density at radius 1 is 1.53 bits per heavy atom. The van der Waals surface area contributed by atoms with Crippen molar-refractivity contribution in [1.82, 2.24) is 10.2 Å². The SMILES string of the molecule is CC1CN(C2(C)CCOC2)C(=O)NC1=O. The lowest BCUT2D eigenvalue weighted by atomic mass is 9.96. The summed E-state index contributed by atoms with van der Waals surface area (Å²) in [6.07, 6.45) is 0.835. The molecule has 2 saturated heterocycles. The van der Waals surface area contributed by atoms with Crippen LogP contribution in [0.3, 0.4) is 0 Å². The first-order chi connectivity index (χ1) is 7.03. The van der Waals surface area contributed by atoms with E-state index in [1.165, 1.54) is 0 Å². The maximum atomic E-state index is 11.7. The molecule has 1 N–H and O–H groups in total. The van der Waals surface area contributed by atoms with E-state index in [9.17, 15) is 9.59 Å². The summed E-state index contributed by atoms with van der Waals surface area (Å²) < 4.78 is 5.32. The quantitative estimate of drug-likeness (QED) is 0.682. The van der Waals surface area contributed by atoms with E-state index in [-0.39, 0.29) is 23.4 Å². The van der Waals surface area contributed by atoms with Gasteiger partial charge in [-0.3, -0.25) is 10.1 Å². The van der Waals surface area contributed by atoms with Crippen LogP contribution in [-0.2, 0) is 9.53 Å². The Kier molecular flexibility index (Phi) is 2.42. The van der Waals surface area contributed by atoms with Gasteiger partial charge in [0.25, 0.3) is 0 Å². The van der Waals surface area contributed by atoms with Crippen molar-refractivity contribution in [1.29, 1.82) is 0 Å². The van der Waals surface area contributed by atoms with Crippen LogP contribution in [0.2, 0.25) is 0 Å². The third kappa shape index (κ3) is 1.71. The molecule has 2 atom stereocenters. The fourth-order valence-corrected chi connectivity index (χ4v) is 2.07. The molecule has 0 radical (unpaired) electrons. The average Bonchev–Trinajstić information content (AvgIpc) is 2.60. The van der Waals surface area contributed by atoms with Gasteiger partial charge in [0.15, 0.2) is 0 Å². The van der Waals surface area contributed by atoms with Crippen molar-refractivity contribution in [2.24, 2.45) is 5.92 Å². The van der Waals surface area contributed by atoms with Gasteiger partial charge in [0.05, 0.1) is 18.1 Å². The van der Waals surface area contributed by atoms with E-state index in [1.807, 2.05) is 13.8 Å². The molecule has 0 aromatic rings. The Morgan fingerprint density at radius 2 is 2.27 bits per heavy atom. The average molecular weight is 212 g/mol. The van der Waals surface area contributed by atoms with Crippen LogP contribution in [0.5, 0.6) is 0 Å². The molecule has 0 spiro atoms. The zero-order valence-electron chi connectivity index (χ0n) is 9.08. The number of ether oxygens (including phenoxy) is 1. The lowest BCUT2D eigenvalue weighted by Gasteiger charge is -2.41. The highest BCUT2D eigenvalue weighted by molar-refractivity contribution is 5.98. The van der Waals surface area contributed by atoms with Crippen molar-refractivity contribution < 1.29 is 14.3 Å². The minimum absolute atomic E-state index is 0.139. The molecular weight excluding hydrogens is 196 g/mol. The second kappa shape index (κ2) is 3.48. The Labute approximate surface area is 88.8 Å². The van der Waals surface area contributed by atoms with Crippen LogP contribution in [0.4, 0.5) is 4.79 Å². The Morgan fingerprint density at radius 3 is 2.87 bits per heavy atom. The number of urea groups is 1. The summed E-state index contributed by atoms with van der Waals surface area (Å²) >= 11 is 0. The van der Waals surface area contributed by atoms with Gasteiger partial charge < -0.3 is 9.64 Å². The van der Waals surface area contributed by atoms with E-state index in [1.54, 1.807) is 4.90 Å². The summed E-state index contributed by atoms with van der Waals surface area (Å²) in [7, 11) is 0. The predicted molar refractivity (Wildman–Crippen MR) is 53.2 cm³/mol. The predicted octanol–water partition coefficient (Wildman–Crippen LogP) is 0.353. The van der Waals surface area contributed by atoms with Crippen LogP contribution in [0, 0.1) is 5.92 Å². The molecular formula is C10H16N2O3. The van der Waals surface area contributed by atoms with E-state index in [0.29, 0.717) is 19.8 Å². The van der Waals surface area contributed by atoms with Gasteiger partial charge in [0, 0.05) is 13.2 Å². The van der Waals surface area contributed by atoms with Crippen LogP contribution >= 0.6 is 0 Å². The van der Waals surface area contributed by atoms with E-state index in [4.69, 9.17) is 4.74 Å². The van der Waals surface area contributed by atoms with Crippen molar-refractivity contribution in [2.45, 2.75) is 25.8 Å². The summed E-state index contributed by atoms with van der Waals surface area (Å²) in [6.45, 7) is 5.56. The molecule has 2 aliphatic rings. The number of carbonyl (C=O) groups excluding carboxylic acids is 2. The number of nitrogens with zero attached hydrogens (tertiary/aromatic N) is 1. The van der Waals surface area contributed by atoms with Gasteiger partial charge in [-0.1, -0.05) is 6.92 Å². The van der Waals surface area contributed by atoms with Crippen LogP contribution < -0.4 is 5.32 Å². The summed E-state index contributed by atoms with van der Waals surface area (Å²) in [4.78, 5) is 24.7. The maximum absolute atomic E-state index is 11.7. The van der Waals surface area contributed by atoms with Crippen molar-refractivity contribution in [2.75, 3.05) is 19.8 Å². The summed E-state index contributed by atoms with van der Waals surface area (Å²) in [5.41, 5.74) is -0.251. The number of carbonyl (C=O) groups is 2. The molecule has 0 saturated carbocycles. The van der Waals surface area contributed by atoms with Crippen LogP contribution in [0.1, 0.15) is 20.3 Å². The fraction of sp³-hybridized carbons (Fsp3) is 0.800. The highest BCUT2D eigenvalue weighted by Gasteiger charge is 2.43. The molecule has 84 valence electrons. The Balaban J connectivity index is 2.15. The smallest absolute Gasteiger partial charge is 0.324 e. The van der Waals surface area contributed by atoms with Crippen molar-refractivity contribution >= 4 is 11.9 Å². The van der Waals surface area contributed by atoms with E-state index in [0.717, 1.165) is 6.42 Å². The molecule has 2 heterocycles. The van der Waals surface area contributed by atoms with Crippen molar-refractivity contribution in [3.05, 3.63) is 0 Å². The standard InChI is InChI=1S/C10H16N2O3/c1-7-5-12(9(14)11-8(7)13)10(2)3-4-15-6-10/h7H,3-6H2,1-2H3,(H,11,13,14). The number of hydrogen-bond donors (Lipinski definition) is 1. The molecule has 2 rings (SSSR count). The lowest BCUT2D eigenvalue weighted by Crippen LogP contribution is -2.61. The fourth-order valence-electron chi connectivity index (χ4n) is 2.07. The monoisotopic (exact) mass is 212 g/mol. The van der Waals surface area contributed by atoms with Crippen molar-refractivity contribution in [3.8, 4) is 0 Å². The van der Waals surface area contributed by atoms with E-state index in [2.05, 4.69) is 5.32 Å². The van der Waals surface area contributed by atoms with Gasteiger partial charge in [0.1, 0.15) is 0 Å². The van der Waals surface area contributed by atoms with E-state index >= 15 is 0 Å². The molecule has 5 nitrogen and oxygen atoms in total. The second-order valence-corrected chi connectivity index (χ2v) is 4.61. The number of nitrogens with one attached hydrogen (secondary N) is 1. The van der Waals surface area contributed by atoms with Crippen molar-refractivity contribution in [3.63, 3.8) is 0 Å². The first kappa shape index (κ1) is 10.4. The molecule has 15 heavy (non-hydrogen) atoms. The number of amides is 3. The molecule has 0 aromatic carbocycles. The summed E-state index contributed by atoms with van der Waals surface area (Å²) in [6, 6.07) is -0.286. The van der Waals surface area contributed by atoms with Crippen LogP contribution in [-0.4, -0.2) is 42.1 Å². The van der Waals surface area contributed by atoms with E-state index < -0.39 is 0 Å². The number of rotatable bonds is 1. The maximum Gasteiger partial charge on any atom is 0.324 e. The lowest BCUT2D eigenvalue weighted by molar-refractivity contribution is -0.126. The molecule has 3 amide bonds. The largest absolute Gasteiger partial charge is 0.379 e. The number of hydrogen-bond acceptors (Lipinski definition) is 3. The first-order valence-electron chi connectivity index (χ1n) is 5.23.